The van der Waals surface area contributed by atoms with Crippen molar-refractivity contribution in [3.05, 3.63) is 40.3 Å². The van der Waals surface area contributed by atoms with E-state index in [0.29, 0.717) is 22.2 Å². The number of anilines is 2. The third kappa shape index (κ3) is 4.26. The van der Waals surface area contributed by atoms with Gasteiger partial charge in [0.25, 0.3) is 0 Å². The number of rotatable bonds is 5. The van der Waals surface area contributed by atoms with E-state index in [1.165, 1.54) is 29.1 Å². The first-order valence-corrected chi connectivity index (χ1v) is 11.0. The van der Waals surface area contributed by atoms with Gasteiger partial charge in [-0.1, -0.05) is 11.8 Å². The molecule has 1 amide bonds. The number of nitrogen functional groups attached to an aromatic ring is 1. The van der Waals surface area contributed by atoms with E-state index in [1.54, 1.807) is 35.6 Å². The average molecular weight is 428 g/mol. The topological polar surface area (TPSA) is 101 Å². The zero-order chi connectivity index (χ0) is 20.5. The minimum atomic E-state index is -0.167. The summed E-state index contributed by atoms with van der Waals surface area (Å²) >= 11 is 2.92. The number of ketones is 1. The summed E-state index contributed by atoms with van der Waals surface area (Å²) in [5.41, 5.74) is 8.75. The lowest BCUT2D eigenvalue weighted by atomic mass is 10.1. The molecule has 0 aliphatic carbocycles. The number of carbonyl (C=O) groups is 2. The fourth-order valence-electron chi connectivity index (χ4n) is 3.31. The van der Waals surface area contributed by atoms with Gasteiger partial charge in [0.15, 0.2) is 10.9 Å². The van der Waals surface area contributed by atoms with E-state index < -0.39 is 0 Å². The van der Waals surface area contributed by atoms with Crippen LogP contribution < -0.4 is 11.1 Å². The molecule has 0 atom stereocenters. The highest BCUT2D eigenvalue weighted by Gasteiger charge is 2.22. The van der Waals surface area contributed by atoms with Crippen molar-refractivity contribution in [2.75, 3.05) is 30.4 Å². The maximum atomic E-state index is 12.3. The van der Waals surface area contributed by atoms with Crippen molar-refractivity contribution >= 4 is 56.5 Å². The normalized spacial score (nSPS) is 14.0. The molecule has 0 fully saturated rings. The van der Waals surface area contributed by atoms with Crippen molar-refractivity contribution in [1.82, 2.24) is 14.9 Å². The van der Waals surface area contributed by atoms with Crippen molar-refractivity contribution in [2.45, 2.75) is 25.0 Å². The van der Waals surface area contributed by atoms with Crippen molar-refractivity contribution in [2.24, 2.45) is 0 Å². The molecule has 3 N–H and O–H groups in total. The predicted molar refractivity (Wildman–Crippen MR) is 118 cm³/mol. The van der Waals surface area contributed by atoms with Crippen molar-refractivity contribution in [3.63, 3.8) is 0 Å². The molecule has 0 bridgehead atoms. The van der Waals surface area contributed by atoms with Crippen LogP contribution in [0.2, 0.25) is 0 Å². The van der Waals surface area contributed by atoms with Crippen LogP contribution in [0.15, 0.2) is 29.4 Å². The third-order valence-corrected chi connectivity index (χ3v) is 6.76. The molecule has 0 saturated heterocycles. The number of benzene rings is 1. The number of nitrogens with zero attached hydrogens (tertiary/aromatic N) is 3. The van der Waals surface area contributed by atoms with Gasteiger partial charge in [-0.25, -0.2) is 9.97 Å². The molecule has 3 aromatic rings. The van der Waals surface area contributed by atoms with E-state index in [1.807, 2.05) is 0 Å². The van der Waals surface area contributed by atoms with Crippen LogP contribution in [-0.4, -0.2) is 45.9 Å². The summed E-state index contributed by atoms with van der Waals surface area (Å²) in [5.74, 6) is 0.484. The zero-order valence-corrected chi connectivity index (χ0v) is 17.8. The summed E-state index contributed by atoms with van der Waals surface area (Å²) in [6, 6.07) is 6.82. The lowest BCUT2D eigenvalue weighted by Gasteiger charge is -2.22. The van der Waals surface area contributed by atoms with E-state index in [2.05, 4.69) is 27.2 Å². The molecule has 1 aliphatic heterocycles. The summed E-state index contributed by atoms with van der Waals surface area (Å²) < 4.78 is 0. The summed E-state index contributed by atoms with van der Waals surface area (Å²) in [4.78, 5) is 37.1. The predicted octanol–water partition coefficient (Wildman–Crippen LogP) is 3.19. The number of likely N-dealkylation sites (N-methyl/N-ethyl adjacent to an activating group) is 1. The maximum Gasteiger partial charge on any atom is 0.234 e. The molecule has 0 spiro atoms. The summed E-state index contributed by atoms with van der Waals surface area (Å²) in [7, 11) is 2.11. The molecular weight excluding hydrogens is 406 g/mol. The molecular formula is C20H21N5O2S2. The van der Waals surface area contributed by atoms with Crippen LogP contribution in [0.4, 0.5) is 11.5 Å². The van der Waals surface area contributed by atoms with Crippen LogP contribution in [0.1, 0.15) is 27.7 Å². The van der Waals surface area contributed by atoms with Crippen molar-refractivity contribution in [1.29, 1.82) is 0 Å². The minimum Gasteiger partial charge on any atom is -0.383 e. The molecule has 0 saturated carbocycles. The number of nitrogens with one attached hydrogen (secondary N) is 1. The van der Waals surface area contributed by atoms with Gasteiger partial charge in [0.2, 0.25) is 5.91 Å². The van der Waals surface area contributed by atoms with Crippen LogP contribution in [0.3, 0.4) is 0 Å². The Morgan fingerprint density at radius 2 is 2.03 bits per heavy atom. The first kappa shape index (κ1) is 19.8. The van der Waals surface area contributed by atoms with Gasteiger partial charge < -0.3 is 16.0 Å². The fraction of sp³-hybridized carbons (Fsp3) is 0.300. The monoisotopic (exact) mass is 427 g/mol. The first-order valence-electron chi connectivity index (χ1n) is 9.20. The summed E-state index contributed by atoms with van der Waals surface area (Å²) in [5, 5.41) is 4.29. The maximum absolute atomic E-state index is 12.3. The molecule has 0 radical (unpaired) electrons. The average Bonchev–Trinajstić information content (AvgIpc) is 3.04. The van der Waals surface area contributed by atoms with E-state index in [9.17, 15) is 9.59 Å². The van der Waals surface area contributed by atoms with Gasteiger partial charge >= 0.3 is 0 Å². The number of amides is 1. The highest BCUT2D eigenvalue weighted by atomic mass is 32.2. The molecule has 0 unspecified atom stereocenters. The largest absolute Gasteiger partial charge is 0.383 e. The zero-order valence-electron chi connectivity index (χ0n) is 16.2. The van der Waals surface area contributed by atoms with E-state index in [4.69, 9.17) is 5.73 Å². The highest BCUT2D eigenvalue weighted by Crippen LogP contribution is 2.37. The molecule has 4 rings (SSSR count). The fourth-order valence-corrected chi connectivity index (χ4v) is 5.33. The van der Waals surface area contributed by atoms with E-state index >= 15 is 0 Å². The molecule has 1 aliphatic rings. The molecule has 2 aromatic heterocycles. The van der Waals surface area contributed by atoms with Gasteiger partial charge in [-0.2, -0.15) is 0 Å². The second-order valence-corrected chi connectivity index (χ2v) is 9.06. The quantitative estimate of drug-likeness (QED) is 0.366. The molecule has 29 heavy (non-hydrogen) atoms. The van der Waals surface area contributed by atoms with Crippen LogP contribution >= 0.6 is 23.1 Å². The smallest absolute Gasteiger partial charge is 0.234 e. The summed E-state index contributed by atoms with van der Waals surface area (Å²) in [6.07, 6.45) is 0.955. The lowest BCUT2D eigenvalue weighted by Crippen LogP contribution is -2.25. The number of fused-ring (bicyclic) bond motifs is 3. The van der Waals surface area contributed by atoms with Gasteiger partial charge in [0, 0.05) is 29.2 Å². The van der Waals surface area contributed by atoms with Gasteiger partial charge in [-0.05, 0) is 50.2 Å². The van der Waals surface area contributed by atoms with Gasteiger partial charge in [0.1, 0.15) is 10.6 Å². The minimum absolute atomic E-state index is 0.00883. The van der Waals surface area contributed by atoms with E-state index in [-0.39, 0.29) is 17.4 Å². The number of hydrogen-bond acceptors (Lipinski definition) is 8. The Bertz CT molecular complexity index is 1090. The molecule has 9 heteroatoms. The number of aromatic nitrogens is 2. The Morgan fingerprint density at radius 3 is 2.76 bits per heavy atom. The number of thiophene rings is 1. The third-order valence-electron chi connectivity index (χ3n) is 4.81. The Hall–Kier alpha value is -2.49. The lowest BCUT2D eigenvalue weighted by molar-refractivity contribution is -0.113. The Morgan fingerprint density at radius 1 is 1.28 bits per heavy atom. The molecule has 1 aromatic carbocycles. The Kier molecular flexibility index (Phi) is 5.53. The summed E-state index contributed by atoms with van der Waals surface area (Å²) in [6.45, 7) is 3.42. The van der Waals surface area contributed by atoms with Crippen molar-refractivity contribution in [3.8, 4) is 0 Å². The van der Waals surface area contributed by atoms with Gasteiger partial charge in [-0.15, -0.1) is 11.3 Å². The van der Waals surface area contributed by atoms with Crippen LogP contribution in [-0.2, 0) is 17.8 Å². The Labute approximate surface area is 176 Å². The molecule has 3 heterocycles. The highest BCUT2D eigenvalue weighted by molar-refractivity contribution is 7.99. The number of hydrogen-bond donors (Lipinski definition) is 2. The van der Waals surface area contributed by atoms with E-state index in [0.717, 1.165) is 29.7 Å². The van der Waals surface area contributed by atoms with Crippen LogP contribution in [0.5, 0.6) is 0 Å². The van der Waals surface area contributed by atoms with Gasteiger partial charge in [-0.3, -0.25) is 9.59 Å². The molecule has 7 nitrogen and oxygen atoms in total. The van der Waals surface area contributed by atoms with Crippen LogP contribution in [0.25, 0.3) is 10.2 Å². The number of Topliss-reactive ketones (excluding diaryl/α,β-unsaturated/α-hetero) is 1. The first-order chi connectivity index (χ1) is 13.9. The number of nitrogens with two attached hydrogens (primary N) is 1. The van der Waals surface area contributed by atoms with Gasteiger partial charge in [0.05, 0.1) is 11.1 Å². The van der Waals surface area contributed by atoms with Crippen LogP contribution in [0, 0.1) is 0 Å². The number of thioether (sulfide) groups is 1. The van der Waals surface area contributed by atoms with Crippen molar-refractivity contribution < 1.29 is 9.59 Å². The second kappa shape index (κ2) is 8.10. The number of carbonyl (C=O) groups excluding carboxylic acids is 2. The molecule has 150 valence electrons. The standard InChI is InChI=1S/C20H21N5O2S2/c1-11(26)12-3-5-13(6-4-12)22-16(27)10-28-20-23-18(21)17-14-7-8-25(2)9-15(14)29-19(17)24-20/h3-6H,7-10H2,1-2H3,(H,22,27)(H2,21,23,24). The Balaban J connectivity index is 1.44. The second-order valence-electron chi connectivity index (χ2n) is 7.03. The SMILES string of the molecule is CC(=O)c1ccc(NC(=O)CSc2nc(N)c3c4c(sc3n2)CN(C)CC4)cc1.